The highest BCUT2D eigenvalue weighted by atomic mass is 19.3. The molecule has 6 heteroatoms. The third-order valence-corrected chi connectivity index (χ3v) is 1.61. The van der Waals surface area contributed by atoms with Crippen molar-refractivity contribution in [1.82, 2.24) is 0 Å². The smallest absolute Gasteiger partial charge is 0.387 e. The predicted molar refractivity (Wildman–Crippen MR) is 49.0 cm³/mol. The number of rotatable bonds is 4. The lowest BCUT2D eigenvalue weighted by molar-refractivity contribution is -0.0512. The molecular formula is C9H9F2NO3. The van der Waals surface area contributed by atoms with E-state index in [1.54, 1.807) is 0 Å². The number of ether oxygens (including phenoxy) is 2. The molecule has 0 heterocycles. The summed E-state index contributed by atoms with van der Waals surface area (Å²) in [7, 11) is 1.34. The summed E-state index contributed by atoms with van der Waals surface area (Å²) in [5, 5.41) is 11.0. The Kier molecular flexibility index (Phi) is 3.84. The zero-order valence-electron chi connectivity index (χ0n) is 7.85. The van der Waals surface area contributed by atoms with Gasteiger partial charge in [0.1, 0.15) is 0 Å². The third kappa shape index (κ3) is 3.08. The molecule has 0 spiro atoms. The van der Waals surface area contributed by atoms with Crippen LogP contribution in [0, 0.1) is 0 Å². The molecule has 15 heavy (non-hydrogen) atoms. The highest BCUT2D eigenvalue weighted by molar-refractivity contribution is 5.80. The second kappa shape index (κ2) is 5.14. The molecule has 0 aliphatic heterocycles. The maximum absolute atomic E-state index is 12.0. The van der Waals surface area contributed by atoms with Crippen molar-refractivity contribution in [2.75, 3.05) is 7.11 Å². The minimum absolute atomic E-state index is 0.107. The summed E-state index contributed by atoms with van der Waals surface area (Å²) in [5.74, 6) is 0.0790. The molecule has 0 aliphatic carbocycles. The Morgan fingerprint density at radius 1 is 1.40 bits per heavy atom. The maximum atomic E-state index is 12.0. The molecule has 0 radical (unpaired) electrons. The van der Waals surface area contributed by atoms with E-state index in [9.17, 15) is 8.78 Å². The lowest BCUT2D eigenvalue weighted by Gasteiger charge is -2.09. The van der Waals surface area contributed by atoms with E-state index < -0.39 is 6.61 Å². The van der Waals surface area contributed by atoms with E-state index in [0.717, 1.165) is 6.21 Å². The van der Waals surface area contributed by atoms with Gasteiger partial charge in [-0.05, 0) is 18.2 Å². The molecule has 1 N–H and O–H groups in total. The molecule has 0 aromatic heterocycles. The number of alkyl halides is 2. The monoisotopic (exact) mass is 217 g/mol. The van der Waals surface area contributed by atoms with Crippen LogP contribution in [0.2, 0.25) is 0 Å². The number of hydrogen-bond donors (Lipinski definition) is 1. The summed E-state index contributed by atoms with van der Waals surface area (Å²) in [6.07, 6.45) is 1.10. The van der Waals surface area contributed by atoms with Gasteiger partial charge in [-0.1, -0.05) is 5.16 Å². The third-order valence-electron chi connectivity index (χ3n) is 1.61. The van der Waals surface area contributed by atoms with Crippen LogP contribution >= 0.6 is 0 Å². The Morgan fingerprint density at radius 2 is 2.13 bits per heavy atom. The van der Waals surface area contributed by atoms with Gasteiger partial charge in [0, 0.05) is 5.56 Å². The molecule has 0 saturated carbocycles. The predicted octanol–water partition coefficient (Wildman–Crippen LogP) is 2.10. The van der Waals surface area contributed by atoms with E-state index in [1.807, 2.05) is 0 Å². The van der Waals surface area contributed by atoms with Crippen LogP contribution in [0.4, 0.5) is 8.78 Å². The van der Waals surface area contributed by atoms with Crippen molar-refractivity contribution in [1.29, 1.82) is 0 Å². The molecule has 0 aliphatic rings. The van der Waals surface area contributed by atoms with Crippen LogP contribution in [-0.4, -0.2) is 25.1 Å². The summed E-state index contributed by atoms with van der Waals surface area (Å²) in [4.78, 5) is 0. The van der Waals surface area contributed by atoms with Crippen molar-refractivity contribution < 1.29 is 23.5 Å². The molecule has 1 rings (SSSR count). The van der Waals surface area contributed by atoms with E-state index >= 15 is 0 Å². The number of hydrogen-bond acceptors (Lipinski definition) is 4. The second-order valence-corrected chi connectivity index (χ2v) is 2.53. The summed E-state index contributed by atoms with van der Waals surface area (Å²) in [6.45, 7) is -2.93. The van der Waals surface area contributed by atoms with Gasteiger partial charge >= 0.3 is 6.61 Å². The molecule has 0 unspecified atom stereocenters. The van der Waals surface area contributed by atoms with E-state index in [1.165, 1.54) is 25.3 Å². The first-order valence-corrected chi connectivity index (χ1v) is 3.97. The van der Waals surface area contributed by atoms with Crippen LogP contribution in [0.25, 0.3) is 0 Å². The van der Waals surface area contributed by atoms with Gasteiger partial charge in [-0.15, -0.1) is 0 Å². The molecule has 82 valence electrons. The second-order valence-electron chi connectivity index (χ2n) is 2.53. The molecule has 0 amide bonds. The SMILES string of the molecule is COc1ccc(C=NO)cc1OC(F)F. The highest BCUT2D eigenvalue weighted by Gasteiger charge is 2.10. The normalized spacial score (nSPS) is 10.9. The first-order chi connectivity index (χ1) is 7.17. The molecule has 0 atom stereocenters. The highest BCUT2D eigenvalue weighted by Crippen LogP contribution is 2.28. The Hall–Kier alpha value is -1.85. The van der Waals surface area contributed by atoms with Gasteiger partial charge in [0.05, 0.1) is 13.3 Å². The molecule has 4 nitrogen and oxygen atoms in total. The minimum atomic E-state index is -2.93. The maximum Gasteiger partial charge on any atom is 0.387 e. The number of benzene rings is 1. The Labute approximate surface area is 84.7 Å². The van der Waals surface area contributed by atoms with Gasteiger partial charge in [-0.2, -0.15) is 8.78 Å². The molecular weight excluding hydrogens is 208 g/mol. The van der Waals surface area contributed by atoms with Crippen molar-refractivity contribution in [2.45, 2.75) is 6.61 Å². The molecule has 0 fully saturated rings. The van der Waals surface area contributed by atoms with Crippen molar-refractivity contribution >= 4 is 6.21 Å². The fourth-order valence-corrected chi connectivity index (χ4v) is 1.03. The van der Waals surface area contributed by atoms with Gasteiger partial charge < -0.3 is 14.7 Å². The molecule has 0 bridgehead atoms. The zero-order chi connectivity index (χ0) is 11.3. The molecule has 0 saturated heterocycles. The van der Waals surface area contributed by atoms with E-state index in [-0.39, 0.29) is 11.5 Å². The van der Waals surface area contributed by atoms with Crippen LogP contribution in [0.1, 0.15) is 5.56 Å². The fourth-order valence-electron chi connectivity index (χ4n) is 1.03. The minimum Gasteiger partial charge on any atom is -0.493 e. The number of nitrogens with zero attached hydrogens (tertiary/aromatic N) is 1. The molecule has 1 aromatic carbocycles. The van der Waals surface area contributed by atoms with Gasteiger partial charge in [0.2, 0.25) is 0 Å². The Balaban J connectivity index is 3.01. The lowest BCUT2D eigenvalue weighted by Crippen LogP contribution is -2.04. The first kappa shape index (κ1) is 11.2. The van der Waals surface area contributed by atoms with Crippen LogP contribution in [0.3, 0.4) is 0 Å². The van der Waals surface area contributed by atoms with Gasteiger partial charge in [-0.3, -0.25) is 0 Å². The van der Waals surface area contributed by atoms with Crippen molar-refractivity contribution in [3.8, 4) is 11.5 Å². The Bertz CT molecular complexity index is 355. The average molecular weight is 217 g/mol. The largest absolute Gasteiger partial charge is 0.493 e. The molecule has 1 aromatic rings. The first-order valence-electron chi connectivity index (χ1n) is 3.97. The topological polar surface area (TPSA) is 51.0 Å². The van der Waals surface area contributed by atoms with E-state index in [2.05, 4.69) is 9.89 Å². The van der Waals surface area contributed by atoms with Gasteiger partial charge in [0.25, 0.3) is 0 Å². The van der Waals surface area contributed by atoms with Gasteiger partial charge in [-0.25, -0.2) is 0 Å². The van der Waals surface area contributed by atoms with Crippen LogP contribution in [0.15, 0.2) is 23.4 Å². The lowest BCUT2D eigenvalue weighted by atomic mass is 10.2. The quantitative estimate of drug-likeness (QED) is 0.477. The van der Waals surface area contributed by atoms with Crippen LogP contribution in [-0.2, 0) is 0 Å². The van der Waals surface area contributed by atoms with Crippen molar-refractivity contribution in [3.63, 3.8) is 0 Å². The van der Waals surface area contributed by atoms with Crippen LogP contribution in [0.5, 0.6) is 11.5 Å². The van der Waals surface area contributed by atoms with Crippen LogP contribution < -0.4 is 9.47 Å². The summed E-state index contributed by atoms with van der Waals surface area (Å²) in [5.41, 5.74) is 0.425. The standard InChI is InChI=1S/C9H9F2NO3/c1-14-7-3-2-6(5-12-13)4-8(7)15-9(10)11/h2-5,9,13H,1H3. The summed E-state index contributed by atoms with van der Waals surface area (Å²) >= 11 is 0. The van der Waals surface area contributed by atoms with Crippen molar-refractivity contribution in [2.24, 2.45) is 5.16 Å². The van der Waals surface area contributed by atoms with E-state index in [4.69, 9.17) is 9.94 Å². The number of halogens is 2. The van der Waals surface area contributed by atoms with Gasteiger partial charge in [0.15, 0.2) is 11.5 Å². The zero-order valence-corrected chi connectivity index (χ0v) is 7.85. The Morgan fingerprint density at radius 3 is 2.67 bits per heavy atom. The fraction of sp³-hybridized carbons (Fsp3) is 0.222. The average Bonchev–Trinajstić information content (AvgIpc) is 2.18. The summed E-state index contributed by atoms with van der Waals surface area (Å²) in [6, 6.07) is 4.26. The number of oxime groups is 1. The van der Waals surface area contributed by atoms with E-state index in [0.29, 0.717) is 5.56 Å². The summed E-state index contributed by atoms with van der Waals surface area (Å²) < 4.78 is 33.0. The van der Waals surface area contributed by atoms with Crippen molar-refractivity contribution in [3.05, 3.63) is 23.8 Å². The number of methoxy groups -OCH3 is 1.